The van der Waals surface area contributed by atoms with Crippen LogP contribution in [0.25, 0.3) is 0 Å². The predicted molar refractivity (Wildman–Crippen MR) is 83.0 cm³/mol. The molecule has 1 aromatic rings. The molecule has 3 heteroatoms. The fourth-order valence-corrected chi connectivity index (χ4v) is 3.80. The Morgan fingerprint density at radius 1 is 1.19 bits per heavy atom. The Morgan fingerprint density at radius 3 is 2.48 bits per heavy atom. The number of piperidine rings is 1. The Morgan fingerprint density at radius 2 is 1.90 bits per heavy atom. The highest BCUT2D eigenvalue weighted by atomic mass is 16.3. The number of aliphatic hydroxyl groups excluding tert-OH is 1. The number of nitrogens with zero attached hydrogens (tertiary/aromatic N) is 1. The van der Waals surface area contributed by atoms with E-state index in [0.717, 1.165) is 32.4 Å². The fraction of sp³-hybridized carbons (Fsp3) is 0.611. The largest absolute Gasteiger partial charge is 0.396 e. The van der Waals surface area contributed by atoms with Crippen molar-refractivity contribution in [1.82, 2.24) is 4.90 Å². The first-order chi connectivity index (χ1) is 10.1. The molecule has 1 saturated carbocycles. The average Bonchev–Trinajstić information content (AvgIpc) is 2.47. The smallest absolute Gasteiger partial charge is 0.222 e. The van der Waals surface area contributed by atoms with Crippen LogP contribution in [-0.2, 0) is 10.2 Å². The number of amides is 1. The zero-order valence-electron chi connectivity index (χ0n) is 12.8. The average molecular weight is 287 g/mol. The molecule has 0 radical (unpaired) electrons. The van der Waals surface area contributed by atoms with Gasteiger partial charge in [-0.2, -0.15) is 0 Å². The molecule has 1 amide bonds. The van der Waals surface area contributed by atoms with Crippen LogP contribution in [0.4, 0.5) is 0 Å². The maximum absolute atomic E-state index is 12.3. The summed E-state index contributed by atoms with van der Waals surface area (Å²) in [5, 5.41) is 9.66. The highest BCUT2D eigenvalue weighted by Gasteiger charge is 2.43. The van der Waals surface area contributed by atoms with Gasteiger partial charge in [-0.3, -0.25) is 4.79 Å². The summed E-state index contributed by atoms with van der Waals surface area (Å²) in [7, 11) is 0. The topological polar surface area (TPSA) is 40.5 Å². The molecule has 0 bridgehead atoms. The van der Waals surface area contributed by atoms with Gasteiger partial charge in [-0.25, -0.2) is 0 Å². The van der Waals surface area contributed by atoms with Gasteiger partial charge in [0.05, 0.1) is 6.61 Å². The summed E-state index contributed by atoms with van der Waals surface area (Å²) < 4.78 is 0. The van der Waals surface area contributed by atoms with Crippen molar-refractivity contribution in [2.45, 2.75) is 44.4 Å². The van der Waals surface area contributed by atoms with Gasteiger partial charge in [0.15, 0.2) is 0 Å². The minimum Gasteiger partial charge on any atom is -0.396 e. The quantitative estimate of drug-likeness (QED) is 0.925. The molecule has 0 aromatic heterocycles. The molecule has 0 unspecified atom stereocenters. The summed E-state index contributed by atoms with van der Waals surface area (Å²) >= 11 is 0. The van der Waals surface area contributed by atoms with Crippen molar-refractivity contribution in [3.63, 3.8) is 0 Å². The van der Waals surface area contributed by atoms with Gasteiger partial charge >= 0.3 is 0 Å². The molecule has 0 spiro atoms. The van der Waals surface area contributed by atoms with E-state index in [-0.39, 0.29) is 23.3 Å². The Bertz CT molecular complexity index is 504. The number of rotatable bonds is 4. The van der Waals surface area contributed by atoms with Crippen molar-refractivity contribution in [3.8, 4) is 0 Å². The van der Waals surface area contributed by atoms with E-state index in [1.54, 1.807) is 0 Å². The summed E-state index contributed by atoms with van der Waals surface area (Å²) in [6.45, 7) is 3.97. The van der Waals surface area contributed by atoms with Crippen molar-refractivity contribution in [2.24, 2.45) is 5.41 Å². The molecule has 1 heterocycles. The minimum atomic E-state index is -0.0232. The van der Waals surface area contributed by atoms with Gasteiger partial charge in [-0.05, 0) is 24.8 Å². The second-order valence-corrected chi connectivity index (χ2v) is 7.19. The number of aliphatic hydroxyl groups is 1. The summed E-state index contributed by atoms with van der Waals surface area (Å²) in [6.07, 6.45) is 4.81. The molecule has 21 heavy (non-hydrogen) atoms. The highest BCUT2D eigenvalue weighted by Crippen LogP contribution is 2.43. The van der Waals surface area contributed by atoms with Crippen molar-refractivity contribution >= 4 is 5.91 Å². The van der Waals surface area contributed by atoms with Crippen LogP contribution >= 0.6 is 0 Å². The summed E-state index contributed by atoms with van der Waals surface area (Å²) in [5.41, 5.74) is 1.33. The van der Waals surface area contributed by atoms with Crippen LogP contribution in [-0.4, -0.2) is 35.6 Å². The van der Waals surface area contributed by atoms with Crippen LogP contribution in [0.2, 0.25) is 0 Å². The molecule has 1 aliphatic carbocycles. The van der Waals surface area contributed by atoms with Crippen LogP contribution in [0, 0.1) is 5.41 Å². The third-order valence-corrected chi connectivity index (χ3v) is 5.53. The van der Waals surface area contributed by atoms with E-state index in [2.05, 4.69) is 31.2 Å². The van der Waals surface area contributed by atoms with Gasteiger partial charge < -0.3 is 10.0 Å². The maximum Gasteiger partial charge on any atom is 0.222 e. The number of benzene rings is 1. The summed E-state index contributed by atoms with van der Waals surface area (Å²) in [4.78, 5) is 14.3. The molecule has 3 rings (SSSR count). The van der Waals surface area contributed by atoms with E-state index in [9.17, 15) is 9.90 Å². The van der Waals surface area contributed by atoms with E-state index in [1.807, 2.05) is 11.0 Å². The lowest BCUT2D eigenvalue weighted by Gasteiger charge is -2.48. The van der Waals surface area contributed by atoms with Crippen LogP contribution in [0.15, 0.2) is 30.3 Å². The third-order valence-electron chi connectivity index (χ3n) is 5.53. The zero-order valence-corrected chi connectivity index (χ0v) is 12.8. The molecular weight excluding hydrogens is 262 g/mol. The first-order valence-corrected chi connectivity index (χ1v) is 8.01. The van der Waals surface area contributed by atoms with Gasteiger partial charge in [0, 0.05) is 30.3 Å². The van der Waals surface area contributed by atoms with E-state index < -0.39 is 0 Å². The Balaban J connectivity index is 1.77. The first kappa shape index (κ1) is 14.6. The van der Waals surface area contributed by atoms with Crippen molar-refractivity contribution < 1.29 is 9.90 Å². The number of likely N-dealkylation sites (tertiary alicyclic amines) is 1. The van der Waals surface area contributed by atoms with Crippen LogP contribution in [0.5, 0.6) is 0 Å². The monoisotopic (exact) mass is 287 g/mol. The highest BCUT2D eigenvalue weighted by molar-refractivity contribution is 5.77. The van der Waals surface area contributed by atoms with E-state index in [0.29, 0.717) is 6.42 Å². The molecule has 1 aliphatic heterocycles. The number of hydrogen-bond donors (Lipinski definition) is 1. The second kappa shape index (κ2) is 5.45. The lowest BCUT2D eigenvalue weighted by Crippen LogP contribution is -2.53. The van der Waals surface area contributed by atoms with Gasteiger partial charge in [0.1, 0.15) is 0 Å². The van der Waals surface area contributed by atoms with Gasteiger partial charge in [0.25, 0.3) is 0 Å². The van der Waals surface area contributed by atoms with Crippen molar-refractivity contribution in [2.75, 3.05) is 19.7 Å². The summed E-state index contributed by atoms with van der Waals surface area (Å²) in [5.74, 6) is 0.253. The second-order valence-electron chi connectivity index (χ2n) is 7.19. The third kappa shape index (κ3) is 2.71. The standard InChI is InChI=1S/C18H25NO2/c1-17(15-6-3-2-4-7-15)11-8-16(21)19(12-17)13-18(14-20)9-5-10-18/h2-4,6-7,20H,5,8-14H2,1H3/t17-/m1/s1. The van der Waals surface area contributed by atoms with E-state index in [1.165, 1.54) is 12.0 Å². The molecule has 3 nitrogen and oxygen atoms in total. The Labute approximate surface area is 127 Å². The Hall–Kier alpha value is -1.35. The van der Waals surface area contributed by atoms with Gasteiger partial charge in [-0.15, -0.1) is 0 Å². The van der Waals surface area contributed by atoms with Crippen LogP contribution in [0.1, 0.15) is 44.6 Å². The number of carbonyl (C=O) groups excluding carboxylic acids is 1. The van der Waals surface area contributed by atoms with Crippen LogP contribution in [0.3, 0.4) is 0 Å². The zero-order chi connectivity index (χ0) is 14.9. The summed E-state index contributed by atoms with van der Waals surface area (Å²) in [6, 6.07) is 10.5. The number of carbonyl (C=O) groups is 1. The molecule has 2 aliphatic rings. The van der Waals surface area contributed by atoms with E-state index in [4.69, 9.17) is 0 Å². The lowest BCUT2D eigenvalue weighted by molar-refractivity contribution is -0.139. The maximum atomic E-state index is 12.3. The number of hydrogen-bond acceptors (Lipinski definition) is 2. The predicted octanol–water partition coefficient (Wildman–Crippen LogP) is 2.73. The molecule has 1 atom stereocenters. The SMILES string of the molecule is C[C@@]1(c2ccccc2)CCC(=O)N(CC2(CO)CCC2)C1. The Kier molecular flexibility index (Phi) is 3.78. The lowest BCUT2D eigenvalue weighted by atomic mass is 9.68. The molecule has 2 fully saturated rings. The minimum absolute atomic E-state index is 0.0232. The van der Waals surface area contributed by atoms with Gasteiger partial charge in [0.2, 0.25) is 5.91 Å². The normalized spacial score (nSPS) is 28.3. The van der Waals surface area contributed by atoms with Crippen molar-refractivity contribution in [1.29, 1.82) is 0 Å². The molecule has 1 saturated heterocycles. The van der Waals surface area contributed by atoms with E-state index >= 15 is 0 Å². The molecule has 114 valence electrons. The molecule has 1 aromatic carbocycles. The fourth-order valence-electron chi connectivity index (χ4n) is 3.80. The molecular formula is C18H25NO2. The van der Waals surface area contributed by atoms with Crippen molar-refractivity contribution in [3.05, 3.63) is 35.9 Å². The first-order valence-electron chi connectivity index (χ1n) is 8.01. The molecule has 1 N–H and O–H groups in total. The van der Waals surface area contributed by atoms with Gasteiger partial charge in [-0.1, -0.05) is 43.7 Å². The van der Waals surface area contributed by atoms with Crippen LogP contribution < -0.4 is 0 Å².